The van der Waals surface area contributed by atoms with E-state index >= 15 is 0 Å². The largest absolute Gasteiger partial charge is 0.416 e. The maximum Gasteiger partial charge on any atom is 0.416 e. The first kappa shape index (κ1) is 14.8. The minimum Gasteiger partial charge on any atom is -0.369 e. The van der Waals surface area contributed by atoms with Crippen LogP contribution in [0.2, 0.25) is 0 Å². The number of nitrogens with zero attached hydrogens (tertiary/aromatic N) is 1. The summed E-state index contributed by atoms with van der Waals surface area (Å²) >= 11 is 0. The Bertz CT molecular complexity index is 484. The summed E-state index contributed by atoms with van der Waals surface area (Å²) in [5, 5.41) is 0. The number of alkyl halides is 3. The van der Waals surface area contributed by atoms with Crippen molar-refractivity contribution in [2.24, 2.45) is 17.6 Å². The van der Waals surface area contributed by atoms with Crippen LogP contribution in [-0.4, -0.2) is 23.9 Å². The summed E-state index contributed by atoms with van der Waals surface area (Å²) in [5.41, 5.74) is 5.47. The van der Waals surface area contributed by atoms with E-state index in [0.717, 1.165) is 24.2 Å². The number of nitrogens with two attached hydrogens (primary N) is 1. The molecule has 0 unspecified atom stereocenters. The van der Waals surface area contributed by atoms with Gasteiger partial charge in [-0.15, -0.1) is 0 Å². The standard InChI is InChI=1S/C14H17F3N2O/c1-9-6-19(8-12(9)13(18)20)7-10-2-4-11(5-3-10)14(15,16)17/h2-5,9,12H,6-8H2,1H3,(H2,18,20)/t9-,12-/m1/s1. The van der Waals surface area contributed by atoms with Crippen LogP contribution in [0.15, 0.2) is 24.3 Å². The van der Waals surface area contributed by atoms with E-state index in [0.29, 0.717) is 13.1 Å². The number of halogens is 3. The number of benzene rings is 1. The predicted octanol–water partition coefficient (Wildman–Crippen LogP) is 2.26. The molecule has 2 atom stereocenters. The minimum atomic E-state index is -4.31. The van der Waals surface area contributed by atoms with Crippen LogP contribution in [0.3, 0.4) is 0 Å². The summed E-state index contributed by atoms with van der Waals surface area (Å²) in [4.78, 5) is 13.3. The highest BCUT2D eigenvalue weighted by Gasteiger charge is 2.33. The van der Waals surface area contributed by atoms with Crippen LogP contribution in [-0.2, 0) is 17.5 Å². The molecule has 110 valence electrons. The molecule has 2 rings (SSSR count). The normalized spacial score (nSPS) is 24.0. The van der Waals surface area contributed by atoms with Gasteiger partial charge in [0.15, 0.2) is 0 Å². The van der Waals surface area contributed by atoms with E-state index in [1.165, 1.54) is 12.1 Å². The Morgan fingerprint density at radius 1 is 1.30 bits per heavy atom. The second-order valence-corrected chi connectivity index (χ2v) is 5.37. The van der Waals surface area contributed by atoms with Gasteiger partial charge in [0.05, 0.1) is 11.5 Å². The number of amides is 1. The molecule has 1 aliphatic rings. The highest BCUT2D eigenvalue weighted by Crippen LogP contribution is 2.30. The molecule has 0 bridgehead atoms. The SMILES string of the molecule is C[C@@H]1CN(Cc2ccc(C(F)(F)F)cc2)C[C@H]1C(N)=O. The number of likely N-dealkylation sites (tertiary alicyclic amines) is 1. The highest BCUT2D eigenvalue weighted by atomic mass is 19.4. The van der Waals surface area contributed by atoms with Crippen LogP contribution < -0.4 is 5.73 Å². The van der Waals surface area contributed by atoms with Gasteiger partial charge in [0, 0.05) is 19.6 Å². The van der Waals surface area contributed by atoms with Gasteiger partial charge in [0.25, 0.3) is 0 Å². The predicted molar refractivity (Wildman–Crippen MR) is 68.6 cm³/mol. The van der Waals surface area contributed by atoms with Crippen LogP contribution in [0.4, 0.5) is 13.2 Å². The summed E-state index contributed by atoms with van der Waals surface area (Å²) in [6, 6.07) is 5.12. The van der Waals surface area contributed by atoms with Crippen molar-refractivity contribution in [3.05, 3.63) is 35.4 Å². The van der Waals surface area contributed by atoms with Crippen LogP contribution in [0.1, 0.15) is 18.1 Å². The number of hydrogen-bond donors (Lipinski definition) is 1. The maximum atomic E-state index is 12.5. The number of carbonyl (C=O) groups excluding carboxylic acids is 1. The minimum absolute atomic E-state index is 0.176. The maximum absolute atomic E-state index is 12.5. The first-order valence-electron chi connectivity index (χ1n) is 6.45. The molecular formula is C14H17F3N2O. The average Bonchev–Trinajstić information content (AvgIpc) is 2.70. The van der Waals surface area contributed by atoms with Crippen molar-refractivity contribution in [1.82, 2.24) is 4.90 Å². The molecule has 3 nitrogen and oxygen atoms in total. The van der Waals surface area contributed by atoms with Crippen molar-refractivity contribution >= 4 is 5.91 Å². The third-order valence-corrected chi connectivity index (χ3v) is 3.74. The molecule has 0 spiro atoms. The Kier molecular flexibility index (Phi) is 4.04. The van der Waals surface area contributed by atoms with Crippen molar-refractivity contribution in [2.75, 3.05) is 13.1 Å². The lowest BCUT2D eigenvalue weighted by atomic mass is 9.98. The monoisotopic (exact) mass is 286 g/mol. The van der Waals surface area contributed by atoms with Crippen LogP contribution >= 0.6 is 0 Å². The Labute approximate surface area is 115 Å². The molecule has 1 amide bonds. The molecule has 2 N–H and O–H groups in total. The fraction of sp³-hybridized carbons (Fsp3) is 0.500. The molecule has 1 heterocycles. The molecule has 1 aromatic carbocycles. The van der Waals surface area contributed by atoms with Crippen molar-refractivity contribution < 1.29 is 18.0 Å². The van der Waals surface area contributed by atoms with E-state index < -0.39 is 11.7 Å². The lowest BCUT2D eigenvalue weighted by Gasteiger charge is -2.16. The van der Waals surface area contributed by atoms with Gasteiger partial charge >= 0.3 is 6.18 Å². The number of hydrogen-bond acceptors (Lipinski definition) is 2. The van der Waals surface area contributed by atoms with E-state index in [4.69, 9.17) is 5.73 Å². The van der Waals surface area contributed by atoms with Crippen molar-refractivity contribution in [3.63, 3.8) is 0 Å². The summed E-state index contributed by atoms with van der Waals surface area (Å²) < 4.78 is 37.4. The van der Waals surface area contributed by atoms with E-state index in [1.54, 1.807) is 0 Å². The number of primary amides is 1. The zero-order valence-electron chi connectivity index (χ0n) is 11.2. The van der Waals surface area contributed by atoms with Gasteiger partial charge in [-0.1, -0.05) is 19.1 Å². The molecule has 1 saturated heterocycles. The van der Waals surface area contributed by atoms with Gasteiger partial charge in [0.2, 0.25) is 5.91 Å². The second kappa shape index (κ2) is 5.44. The van der Waals surface area contributed by atoms with Gasteiger partial charge < -0.3 is 5.73 Å². The summed E-state index contributed by atoms with van der Waals surface area (Å²) in [5.74, 6) is -0.307. The first-order valence-corrected chi connectivity index (χ1v) is 6.45. The molecule has 0 saturated carbocycles. The van der Waals surface area contributed by atoms with Gasteiger partial charge in [-0.2, -0.15) is 13.2 Å². The van der Waals surface area contributed by atoms with Crippen molar-refractivity contribution in [1.29, 1.82) is 0 Å². The lowest BCUT2D eigenvalue weighted by molar-refractivity contribution is -0.137. The topological polar surface area (TPSA) is 46.3 Å². The van der Waals surface area contributed by atoms with E-state index in [2.05, 4.69) is 0 Å². The molecule has 0 aromatic heterocycles. The Balaban J connectivity index is 2.00. The van der Waals surface area contributed by atoms with Gasteiger partial charge in [0.1, 0.15) is 0 Å². The average molecular weight is 286 g/mol. The molecule has 6 heteroatoms. The molecular weight excluding hydrogens is 269 g/mol. The number of carbonyl (C=O) groups is 1. The fourth-order valence-electron chi connectivity index (χ4n) is 2.62. The Morgan fingerprint density at radius 2 is 1.90 bits per heavy atom. The van der Waals surface area contributed by atoms with Crippen LogP contribution in [0.5, 0.6) is 0 Å². The van der Waals surface area contributed by atoms with Gasteiger partial charge in [-0.05, 0) is 23.6 Å². The molecule has 1 aromatic rings. The molecule has 1 fully saturated rings. The quantitative estimate of drug-likeness (QED) is 0.926. The third kappa shape index (κ3) is 3.30. The van der Waals surface area contributed by atoms with E-state index in [9.17, 15) is 18.0 Å². The lowest BCUT2D eigenvalue weighted by Crippen LogP contribution is -2.29. The zero-order valence-corrected chi connectivity index (χ0v) is 11.2. The van der Waals surface area contributed by atoms with Gasteiger partial charge in [-0.3, -0.25) is 9.69 Å². The van der Waals surface area contributed by atoms with Crippen molar-refractivity contribution in [3.8, 4) is 0 Å². The number of rotatable bonds is 3. The van der Waals surface area contributed by atoms with E-state index in [1.807, 2.05) is 11.8 Å². The van der Waals surface area contributed by atoms with Crippen LogP contribution in [0, 0.1) is 11.8 Å². The Hall–Kier alpha value is -1.56. The highest BCUT2D eigenvalue weighted by molar-refractivity contribution is 5.77. The fourth-order valence-corrected chi connectivity index (χ4v) is 2.62. The van der Waals surface area contributed by atoms with Gasteiger partial charge in [-0.25, -0.2) is 0 Å². The first-order chi connectivity index (χ1) is 9.27. The molecule has 0 radical (unpaired) electrons. The van der Waals surface area contributed by atoms with E-state index in [-0.39, 0.29) is 17.7 Å². The summed E-state index contributed by atoms with van der Waals surface area (Å²) in [6.45, 7) is 3.79. The zero-order chi connectivity index (χ0) is 14.9. The second-order valence-electron chi connectivity index (χ2n) is 5.37. The van der Waals surface area contributed by atoms with Crippen molar-refractivity contribution in [2.45, 2.75) is 19.6 Å². The molecule has 20 heavy (non-hydrogen) atoms. The summed E-state index contributed by atoms with van der Waals surface area (Å²) in [7, 11) is 0. The smallest absolute Gasteiger partial charge is 0.369 e. The molecule has 1 aliphatic heterocycles. The van der Waals surface area contributed by atoms with Crippen LogP contribution in [0.25, 0.3) is 0 Å². The summed E-state index contributed by atoms with van der Waals surface area (Å²) in [6.07, 6.45) is -4.31. The molecule has 0 aliphatic carbocycles. The Morgan fingerprint density at radius 3 is 2.35 bits per heavy atom. The third-order valence-electron chi connectivity index (χ3n) is 3.74.